The van der Waals surface area contributed by atoms with Crippen LogP contribution in [0, 0.1) is 6.92 Å². The second kappa shape index (κ2) is 4.13. The maximum atomic E-state index is 12.1. The Kier molecular flexibility index (Phi) is 2.79. The van der Waals surface area contributed by atoms with Gasteiger partial charge in [0.2, 0.25) is 5.75 Å². The molecule has 2 rings (SSSR count). The number of benzene rings is 1. The van der Waals surface area contributed by atoms with Crippen molar-refractivity contribution >= 4 is 10.9 Å². The number of ether oxygens (including phenoxy) is 2. The number of aromatic nitrogens is 1. The van der Waals surface area contributed by atoms with Gasteiger partial charge in [-0.1, -0.05) is 6.07 Å². The van der Waals surface area contributed by atoms with Gasteiger partial charge in [-0.05, 0) is 24.6 Å². The molecule has 2 aromatic rings. The fraction of sp³-hybridized carbons (Fsp3) is 0.308. The number of fused-ring (bicyclic) bond motifs is 1. The normalized spacial score (nSPS) is 10.6. The number of aryl methyl sites for hydroxylation is 2. The fourth-order valence-electron chi connectivity index (χ4n) is 1.97. The molecule has 4 nitrogen and oxygen atoms in total. The van der Waals surface area contributed by atoms with Crippen molar-refractivity contribution < 1.29 is 9.47 Å². The molecule has 4 heteroatoms. The van der Waals surface area contributed by atoms with Crippen molar-refractivity contribution in [3.63, 3.8) is 0 Å². The average Bonchev–Trinajstić information content (AvgIpc) is 2.33. The predicted octanol–water partition coefficient (Wildman–Crippen LogP) is 1.86. The highest BCUT2D eigenvalue weighted by atomic mass is 16.5. The molecule has 0 aliphatic heterocycles. The Balaban J connectivity index is 3.01. The summed E-state index contributed by atoms with van der Waals surface area (Å²) in [5.74, 6) is 0.733. The van der Waals surface area contributed by atoms with Crippen LogP contribution in [-0.2, 0) is 7.05 Å². The lowest BCUT2D eigenvalue weighted by Crippen LogP contribution is -2.19. The number of hydrogen-bond acceptors (Lipinski definition) is 3. The van der Waals surface area contributed by atoms with Crippen LogP contribution in [0.2, 0.25) is 0 Å². The van der Waals surface area contributed by atoms with Crippen LogP contribution in [0.15, 0.2) is 23.0 Å². The lowest BCUT2D eigenvalue weighted by molar-refractivity contribution is 0.352. The first kappa shape index (κ1) is 11.5. The third-order valence-corrected chi connectivity index (χ3v) is 2.87. The van der Waals surface area contributed by atoms with E-state index in [1.165, 1.54) is 14.2 Å². The first-order valence-corrected chi connectivity index (χ1v) is 5.31. The largest absolute Gasteiger partial charge is 0.492 e. The van der Waals surface area contributed by atoms with Gasteiger partial charge < -0.3 is 14.0 Å². The quantitative estimate of drug-likeness (QED) is 0.795. The van der Waals surface area contributed by atoms with E-state index in [0.29, 0.717) is 5.75 Å². The summed E-state index contributed by atoms with van der Waals surface area (Å²) in [4.78, 5) is 12.1. The van der Waals surface area contributed by atoms with Crippen molar-refractivity contribution in [2.24, 2.45) is 7.05 Å². The zero-order valence-electron chi connectivity index (χ0n) is 10.4. The number of hydrogen-bond donors (Lipinski definition) is 0. The molecule has 0 aliphatic carbocycles. The lowest BCUT2D eigenvalue weighted by Gasteiger charge is -2.13. The van der Waals surface area contributed by atoms with Crippen LogP contribution in [0.4, 0.5) is 0 Å². The molecule has 0 aliphatic rings. The maximum Gasteiger partial charge on any atom is 0.297 e. The minimum absolute atomic E-state index is 0.192. The van der Waals surface area contributed by atoms with Crippen LogP contribution in [0.5, 0.6) is 11.5 Å². The van der Waals surface area contributed by atoms with E-state index >= 15 is 0 Å². The van der Waals surface area contributed by atoms with Gasteiger partial charge in [-0.15, -0.1) is 0 Å². The highest BCUT2D eigenvalue weighted by Crippen LogP contribution is 2.32. The van der Waals surface area contributed by atoms with Gasteiger partial charge in [-0.3, -0.25) is 4.79 Å². The summed E-state index contributed by atoms with van der Waals surface area (Å²) in [7, 11) is 4.74. The van der Waals surface area contributed by atoms with E-state index in [1.807, 2.05) is 25.1 Å². The molecule has 90 valence electrons. The Bertz CT molecular complexity index is 629. The minimum Gasteiger partial charge on any atom is -0.492 e. The van der Waals surface area contributed by atoms with E-state index in [9.17, 15) is 4.79 Å². The molecule has 1 aromatic carbocycles. The van der Waals surface area contributed by atoms with Crippen LogP contribution < -0.4 is 15.0 Å². The third kappa shape index (κ3) is 1.65. The predicted molar refractivity (Wildman–Crippen MR) is 67.0 cm³/mol. The van der Waals surface area contributed by atoms with Gasteiger partial charge in [0.25, 0.3) is 5.56 Å². The van der Waals surface area contributed by atoms with E-state index < -0.39 is 0 Å². The second-order valence-corrected chi connectivity index (χ2v) is 3.95. The maximum absolute atomic E-state index is 12.1. The van der Waals surface area contributed by atoms with Crippen molar-refractivity contribution in [3.05, 3.63) is 34.1 Å². The SMILES string of the molecule is COc1c(OC)c2ccc(C)cc2n(C)c1=O. The summed E-state index contributed by atoms with van der Waals surface area (Å²) in [5, 5.41) is 0.872. The monoisotopic (exact) mass is 233 g/mol. The van der Waals surface area contributed by atoms with E-state index in [-0.39, 0.29) is 11.3 Å². The highest BCUT2D eigenvalue weighted by Gasteiger charge is 2.16. The number of rotatable bonds is 2. The van der Waals surface area contributed by atoms with Crippen LogP contribution in [0.25, 0.3) is 10.9 Å². The molecule has 0 saturated carbocycles. The molecule has 1 heterocycles. The summed E-state index contributed by atoms with van der Waals surface area (Å²) in [6.45, 7) is 1.99. The van der Waals surface area contributed by atoms with E-state index in [1.54, 1.807) is 11.6 Å². The Morgan fingerprint density at radius 1 is 1.12 bits per heavy atom. The summed E-state index contributed by atoms with van der Waals surface area (Å²) in [5.41, 5.74) is 1.75. The van der Waals surface area contributed by atoms with Gasteiger partial charge in [0.15, 0.2) is 5.75 Å². The smallest absolute Gasteiger partial charge is 0.297 e. The van der Waals surface area contributed by atoms with E-state index in [0.717, 1.165) is 16.5 Å². The Morgan fingerprint density at radius 2 is 1.76 bits per heavy atom. The summed E-state index contributed by atoms with van der Waals surface area (Å²) in [6, 6.07) is 5.87. The Morgan fingerprint density at radius 3 is 2.35 bits per heavy atom. The van der Waals surface area contributed by atoms with Crippen molar-refractivity contribution in [2.45, 2.75) is 6.92 Å². The number of nitrogens with zero attached hydrogens (tertiary/aromatic N) is 1. The van der Waals surface area contributed by atoms with Gasteiger partial charge in [0.1, 0.15) is 0 Å². The van der Waals surface area contributed by atoms with Crippen molar-refractivity contribution in [2.75, 3.05) is 14.2 Å². The molecular weight excluding hydrogens is 218 g/mol. The molecule has 0 atom stereocenters. The molecule has 0 radical (unpaired) electrons. The van der Waals surface area contributed by atoms with Crippen molar-refractivity contribution in [1.82, 2.24) is 4.57 Å². The minimum atomic E-state index is -0.192. The zero-order valence-corrected chi connectivity index (χ0v) is 10.4. The van der Waals surface area contributed by atoms with Crippen LogP contribution >= 0.6 is 0 Å². The molecule has 0 spiro atoms. The van der Waals surface area contributed by atoms with Gasteiger partial charge in [-0.25, -0.2) is 0 Å². The molecule has 0 amide bonds. The van der Waals surface area contributed by atoms with Gasteiger partial charge in [0, 0.05) is 12.4 Å². The molecular formula is C13H15NO3. The Labute approximate surface area is 99.4 Å². The number of pyridine rings is 1. The molecule has 0 unspecified atom stereocenters. The third-order valence-electron chi connectivity index (χ3n) is 2.87. The molecule has 0 N–H and O–H groups in total. The van der Waals surface area contributed by atoms with Crippen molar-refractivity contribution in [3.8, 4) is 11.5 Å². The highest BCUT2D eigenvalue weighted by molar-refractivity contribution is 5.88. The lowest BCUT2D eigenvalue weighted by atomic mass is 10.1. The average molecular weight is 233 g/mol. The van der Waals surface area contributed by atoms with Gasteiger partial charge in [0.05, 0.1) is 19.7 Å². The summed E-state index contributed by atoms with van der Waals surface area (Å²) in [6.07, 6.45) is 0. The van der Waals surface area contributed by atoms with E-state index in [2.05, 4.69) is 0 Å². The van der Waals surface area contributed by atoms with Crippen LogP contribution in [0.1, 0.15) is 5.56 Å². The first-order chi connectivity index (χ1) is 8.10. The standard InChI is InChI=1S/C13H15NO3/c1-8-5-6-9-10(7-8)14(2)13(15)12(17-4)11(9)16-3/h5-7H,1-4H3. The zero-order chi connectivity index (χ0) is 12.6. The topological polar surface area (TPSA) is 40.5 Å². The Hall–Kier alpha value is -1.97. The van der Waals surface area contributed by atoms with E-state index in [4.69, 9.17) is 9.47 Å². The van der Waals surface area contributed by atoms with Crippen LogP contribution in [-0.4, -0.2) is 18.8 Å². The summed E-state index contributed by atoms with van der Waals surface area (Å²) < 4.78 is 12.0. The van der Waals surface area contributed by atoms with Crippen molar-refractivity contribution in [1.29, 1.82) is 0 Å². The molecule has 0 fully saturated rings. The molecule has 0 saturated heterocycles. The van der Waals surface area contributed by atoms with Gasteiger partial charge >= 0.3 is 0 Å². The van der Waals surface area contributed by atoms with Gasteiger partial charge in [-0.2, -0.15) is 0 Å². The molecule has 0 bridgehead atoms. The fourth-order valence-corrected chi connectivity index (χ4v) is 1.97. The first-order valence-electron chi connectivity index (χ1n) is 5.31. The molecule has 1 aromatic heterocycles. The number of methoxy groups -OCH3 is 2. The summed E-state index contributed by atoms with van der Waals surface area (Å²) >= 11 is 0. The second-order valence-electron chi connectivity index (χ2n) is 3.95. The molecule has 17 heavy (non-hydrogen) atoms. The van der Waals surface area contributed by atoms with Crippen LogP contribution in [0.3, 0.4) is 0 Å².